The van der Waals surface area contributed by atoms with Gasteiger partial charge in [-0.1, -0.05) is 23.7 Å². The van der Waals surface area contributed by atoms with Crippen LogP contribution in [0.3, 0.4) is 0 Å². The molecule has 0 aliphatic rings. The van der Waals surface area contributed by atoms with Crippen LogP contribution >= 0.6 is 11.6 Å². The Kier molecular flexibility index (Phi) is 4.01. The van der Waals surface area contributed by atoms with Gasteiger partial charge in [0.25, 0.3) is 0 Å². The third-order valence-electron chi connectivity index (χ3n) is 2.84. The number of para-hydroxylation sites is 1. The van der Waals surface area contributed by atoms with Crippen LogP contribution in [0.2, 0.25) is 5.02 Å². The fraction of sp³-hybridized carbons (Fsp3) is 0.417. The van der Waals surface area contributed by atoms with Crippen LogP contribution in [0.4, 0.5) is 0 Å². The third-order valence-corrected chi connectivity index (χ3v) is 3.15. The molecule has 0 aromatic heterocycles. The lowest BCUT2D eigenvalue weighted by molar-refractivity contribution is -0.152. The number of esters is 1. The Morgan fingerprint density at radius 1 is 1.53 bits per heavy atom. The second-order valence-electron chi connectivity index (χ2n) is 4.37. The molecule has 0 spiro atoms. The molecule has 5 heteroatoms. The number of hydrogen-bond acceptors (Lipinski definition) is 4. The van der Waals surface area contributed by atoms with Gasteiger partial charge in [-0.25, -0.2) is 0 Å². The average Bonchev–Trinajstić information content (AvgIpc) is 2.30. The van der Waals surface area contributed by atoms with Crippen molar-refractivity contribution in [3.63, 3.8) is 0 Å². The zero-order valence-electron chi connectivity index (χ0n) is 10.0. The SMILES string of the molecule is COC(=O)C(C)(C)[C@@H](N)c1cccc(Cl)c1O. The predicted molar refractivity (Wildman–Crippen MR) is 65.8 cm³/mol. The van der Waals surface area contributed by atoms with E-state index in [1.54, 1.807) is 32.0 Å². The minimum Gasteiger partial charge on any atom is -0.506 e. The highest BCUT2D eigenvalue weighted by Crippen LogP contribution is 2.39. The first-order chi connectivity index (χ1) is 7.82. The van der Waals surface area contributed by atoms with Crippen molar-refractivity contribution in [3.8, 4) is 5.75 Å². The smallest absolute Gasteiger partial charge is 0.313 e. The van der Waals surface area contributed by atoms with E-state index in [2.05, 4.69) is 0 Å². The van der Waals surface area contributed by atoms with Gasteiger partial charge in [0.1, 0.15) is 5.75 Å². The summed E-state index contributed by atoms with van der Waals surface area (Å²) in [7, 11) is 1.30. The van der Waals surface area contributed by atoms with Crippen LogP contribution < -0.4 is 5.73 Å². The molecule has 0 aliphatic carbocycles. The maximum Gasteiger partial charge on any atom is 0.313 e. The first kappa shape index (κ1) is 13.8. The normalized spacial score (nSPS) is 13.2. The zero-order chi connectivity index (χ0) is 13.2. The minimum atomic E-state index is -0.948. The maximum absolute atomic E-state index is 11.6. The Morgan fingerprint density at radius 2 is 2.12 bits per heavy atom. The van der Waals surface area contributed by atoms with Crippen LogP contribution in [0.5, 0.6) is 5.75 Å². The van der Waals surface area contributed by atoms with E-state index in [1.807, 2.05) is 0 Å². The number of ether oxygens (including phenoxy) is 1. The highest BCUT2D eigenvalue weighted by atomic mass is 35.5. The number of nitrogens with two attached hydrogens (primary N) is 1. The lowest BCUT2D eigenvalue weighted by Gasteiger charge is -2.29. The quantitative estimate of drug-likeness (QED) is 0.815. The van der Waals surface area contributed by atoms with Gasteiger partial charge in [-0.05, 0) is 19.9 Å². The standard InChI is InChI=1S/C12H16ClNO3/c1-12(2,11(16)17-3)10(14)7-5-4-6-8(13)9(7)15/h4-6,10,15H,14H2,1-3H3/t10-/m0/s1. The molecule has 1 rings (SSSR count). The Morgan fingerprint density at radius 3 is 2.65 bits per heavy atom. The van der Waals surface area contributed by atoms with Gasteiger partial charge in [0.15, 0.2) is 0 Å². The summed E-state index contributed by atoms with van der Waals surface area (Å²) in [5.74, 6) is -0.539. The first-order valence-electron chi connectivity index (χ1n) is 5.13. The van der Waals surface area contributed by atoms with Crippen molar-refractivity contribution >= 4 is 17.6 Å². The molecule has 4 nitrogen and oxygen atoms in total. The molecule has 0 fully saturated rings. The second kappa shape index (κ2) is 4.94. The van der Waals surface area contributed by atoms with Crippen molar-refractivity contribution in [2.45, 2.75) is 19.9 Å². The van der Waals surface area contributed by atoms with Gasteiger partial charge in [0.2, 0.25) is 0 Å². The molecule has 1 aromatic rings. The number of halogens is 1. The third kappa shape index (κ3) is 2.53. The van der Waals surface area contributed by atoms with Crippen molar-refractivity contribution in [1.82, 2.24) is 0 Å². The van der Waals surface area contributed by atoms with Gasteiger partial charge >= 0.3 is 5.97 Å². The summed E-state index contributed by atoms with van der Waals surface area (Å²) >= 11 is 5.80. The fourth-order valence-corrected chi connectivity index (χ4v) is 1.74. The molecule has 1 aromatic carbocycles. The number of phenols is 1. The van der Waals surface area contributed by atoms with Gasteiger partial charge in [-0.2, -0.15) is 0 Å². The molecule has 3 N–H and O–H groups in total. The number of methoxy groups -OCH3 is 1. The lowest BCUT2D eigenvalue weighted by Crippen LogP contribution is -2.37. The number of aromatic hydroxyl groups is 1. The number of rotatable bonds is 3. The van der Waals surface area contributed by atoms with E-state index in [1.165, 1.54) is 7.11 Å². The first-order valence-corrected chi connectivity index (χ1v) is 5.51. The number of phenolic OH excluding ortho intramolecular Hbond substituents is 1. The van der Waals surface area contributed by atoms with Crippen molar-refractivity contribution in [2.75, 3.05) is 7.11 Å². The van der Waals surface area contributed by atoms with Gasteiger partial charge in [-0.3, -0.25) is 4.79 Å². The maximum atomic E-state index is 11.6. The number of carbonyl (C=O) groups is 1. The van der Waals surface area contributed by atoms with Crippen LogP contribution in [0.25, 0.3) is 0 Å². The molecule has 0 aliphatic heterocycles. The topological polar surface area (TPSA) is 72.5 Å². The highest BCUT2D eigenvalue weighted by molar-refractivity contribution is 6.32. The van der Waals surface area contributed by atoms with Crippen LogP contribution in [0.15, 0.2) is 18.2 Å². The summed E-state index contributed by atoms with van der Waals surface area (Å²) in [6.07, 6.45) is 0. The monoisotopic (exact) mass is 257 g/mol. The Balaban J connectivity index is 3.16. The van der Waals surface area contributed by atoms with E-state index in [0.717, 1.165) is 0 Å². The molecule has 0 saturated heterocycles. The molecule has 17 heavy (non-hydrogen) atoms. The highest BCUT2D eigenvalue weighted by Gasteiger charge is 2.37. The van der Waals surface area contributed by atoms with Crippen molar-refractivity contribution in [1.29, 1.82) is 0 Å². The van der Waals surface area contributed by atoms with E-state index < -0.39 is 17.4 Å². The molecule has 0 bridgehead atoms. The van der Waals surface area contributed by atoms with Crippen molar-refractivity contribution in [3.05, 3.63) is 28.8 Å². The zero-order valence-corrected chi connectivity index (χ0v) is 10.8. The molecule has 0 amide bonds. The summed E-state index contributed by atoms with van der Waals surface area (Å²) in [4.78, 5) is 11.6. The molecule has 94 valence electrons. The fourth-order valence-electron chi connectivity index (χ4n) is 1.56. The average molecular weight is 258 g/mol. The van der Waals surface area contributed by atoms with Crippen LogP contribution in [-0.2, 0) is 9.53 Å². The van der Waals surface area contributed by atoms with E-state index in [4.69, 9.17) is 22.1 Å². The van der Waals surface area contributed by atoms with Crippen LogP contribution in [0, 0.1) is 5.41 Å². The van der Waals surface area contributed by atoms with Crippen molar-refractivity contribution < 1.29 is 14.6 Å². The molecule has 0 heterocycles. The van der Waals surface area contributed by atoms with Crippen LogP contribution in [0.1, 0.15) is 25.5 Å². The van der Waals surface area contributed by atoms with Gasteiger partial charge in [-0.15, -0.1) is 0 Å². The van der Waals surface area contributed by atoms with Gasteiger partial charge in [0, 0.05) is 11.6 Å². The summed E-state index contributed by atoms with van der Waals surface area (Å²) in [6.45, 7) is 3.31. The van der Waals surface area contributed by atoms with E-state index in [-0.39, 0.29) is 10.8 Å². The number of hydrogen-bond donors (Lipinski definition) is 2. The minimum absolute atomic E-state index is 0.0985. The Bertz CT molecular complexity index is 432. The van der Waals surface area contributed by atoms with Crippen molar-refractivity contribution in [2.24, 2.45) is 11.1 Å². The summed E-state index contributed by atoms with van der Waals surface area (Å²) in [5.41, 5.74) is 5.48. The predicted octanol–water partition coefficient (Wildman–Crippen LogP) is 2.24. The molecule has 0 unspecified atom stereocenters. The number of benzene rings is 1. The Labute approximate surface area is 105 Å². The molecular weight excluding hydrogens is 242 g/mol. The van der Waals surface area contributed by atoms with Crippen LogP contribution in [-0.4, -0.2) is 18.2 Å². The molecular formula is C12H16ClNO3. The largest absolute Gasteiger partial charge is 0.506 e. The molecule has 0 saturated carbocycles. The summed E-state index contributed by atoms with van der Waals surface area (Å²) in [5, 5.41) is 10.0. The summed E-state index contributed by atoms with van der Waals surface area (Å²) < 4.78 is 4.69. The Hall–Kier alpha value is -1.26. The van der Waals surface area contributed by atoms with E-state index >= 15 is 0 Å². The molecule has 1 atom stereocenters. The lowest BCUT2D eigenvalue weighted by atomic mass is 9.81. The number of carbonyl (C=O) groups excluding carboxylic acids is 1. The summed E-state index contributed by atoms with van der Waals surface area (Å²) in [6, 6.07) is 4.16. The molecule has 0 radical (unpaired) electrons. The van der Waals surface area contributed by atoms with E-state index in [9.17, 15) is 9.90 Å². The second-order valence-corrected chi connectivity index (χ2v) is 4.78. The van der Waals surface area contributed by atoms with Gasteiger partial charge in [0.05, 0.1) is 17.5 Å². The van der Waals surface area contributed by atoms with Gasteiger partial charge < -0.3 is 15.6 Å². The van der Waals surface area contributed by atoms with E-state index in [0.29, 0.717) is 5.56 Å².